The van der Waals surface area contributed by atoms with Crippen molar-refractivity contribution in [3.8, 4) is 0 Å². The maximum atomic E-state index is 11.8. The van der Waals surface area contributed by atoms with E-state index in [1.54, 1.807) is 0 Å². The molecule has 1 aromatic rings. The van der Waals surface area contributed by atoms with E-state index in [1.165, 1.54) is 0 Å². The van der Waals surface area contributed by atoms with Gasteiger partial charge in [0.1, 0.15) is 0 Å². The number of hydrogen-bond acceptors (Lipinski definition) is 4. The fraction of sp³-hybridized carbons (Fsp3) is 0.333. The predicted molar refractivity (Wildman–Crippen MR) is 79.5 cm³/mol. The van der Waals surface area contributed by atoms with Gasteiger partial charge in [-0.3, -0.25) is 19.0 Å². The van der Waals surface area contributed by atoms with Crippen LogP contribution in [-0.4, -0.2) is 41.5 Å². The van der Waals surface area contributed by atoms with Crippen LogP contribution in [0.2, 0.25) is 0 Å². The van der Waals surface area contributed by atoms with Crippen LogP contribution in [0.1, 0.15) is 12.0 Å². The van der Waals surface area contributed by atoms with Crippen molar-refractivity contribution in [3.63, 3.8) is 0 Å². The Hall–Kier alpha value is -1.000. The van der Waals surface area contributed by atoms with Crippen molar-refractivity contribution in [3.05, 3.63) is 33.4 Å². The second-order valence-electron chi connectivity index (χ2n) is 4.43. The number of likely N-dealkylation sites (tertiary alicyclic amines) is 1. The SMILES string of the molecule is O=C1CC(S(=O)(=O)O)C(=O)N1CCc1ccccc1I. The largest absolute Gasteiger partial charge is 0.285 e. The molecule has 0 aliphatic carbocycles. The molecule has 0 spiro atoms. The first kappa shape index (κ1) is 15.4. The molecule has 0 bridgehead atoms. The van der Waals surface area contributed by atoms with E-state index in [-0.39, 0.29) is 6.54 Å². The summed E-state index contributed by atoms with van der Waals surface area (Å²) in [5.41, 5.74) is 0.976. The lowest BCUT2D eigenvalue weighted by molar-refractivity contribution is -0.138. The zero-order valence-electron chi connectivity index (χ0n) is 10.3. The summed E-state index contributed by atoms with van der Waals surface area (Å²) in [4.78, 5) is 24.4. The van der Waals surface area contributed by atoms with Crippen LogP contribution in [0, 0.1) is 3.57 Å². The summed E-state index contributed by atoms with van der Waals surface area (Å²) in [5.74, 6) is -1.41. The lowest BCUT2D eigenvalue weighted by atomic mass is 10.1. The van der Waals surface area contributed by atoms with Crippen LogP contribution in [0.4, 0.5) is 0 Å². The van der Waals surface area contributed by atoms with E-state index in [4.69, 9.17) is 4.55 Å². The molecule has 6 nitrogen and oxygen atoms in total. The van der Waals surface area contributed by atoms with Crippen LogP contribution in [0.15, 0.2) is 24.3 Å². The van der Waals surface area contributed by atoms with E-state index in [2.05, 4.69) is 22.6 Å². The number of rotatable bonds is 4. The van der Waals surface area contributed by atoms with E-state index in [0.717, 1.165) is 14.0 Å². The topological polar surface area (TPSA) is 91.7 Å². The Kier molecular flexibility index (Phi) is 4.45. The minimum Gasteiger partial charge on any atom is -0.285 e. The molecular weight excluding hydrogens is 397 g/mol. The van der Waals surface area contributed by atoms with Crippen molar-refractivity contribution < 1.29 is 22.6 Å². The third kappa shape index (κ3) is 3.18. The summed E-state index contributed by atoms with van der Waals surface area (Å²) in [7, 11) is -4.52. The second kappa shape index (κ2) is 5.78. The first-order valence-electron chi connectivity index (χ1n) is 5.84. The Morgan fingerprint density at radius 2 is 1.95 bits per heavy atom. The summed E-state index contributed by atoms with van der Waals surface area (Å²) < 4.78 is 32.0. The van der Waals surface area contributed by atoms with Gasteiger partial charge in [-0.05, 0) is 40.6 Å². The molecule has 1 heterocycles. The monoisotopic (exact) mass is 409 g/mol. The molecule has 2 rings (SSSR count). The van der Waals surface area contributed by atoms with Crippen LogP contribution >= 0.6 is 22.6 Å². The van der Waals surface area contributed by atoms with Crippen molar-refractivity contribution in [2.45, 2.75) is 18.1 Å². The van der Waals surface area contributed by atoms with Gasteiger partial charge in [0, 0.05) is 10.1 Å². The minimum absolute atomic E-state index is 0.115. The summed E-state index contributed by atoms with van der Waals surface area (Å²) in [5, 5.41) is -1.65. The molecular formula is C12H12INO5S. The van der Waals surface area contributed by atoms with E-state index in [1.807, 2.05) is 24.3 Å². The first-order chi connectivity index (χ1) is 9.30. The van der Waals surface area contributed by atoms with Crippen LogP contribution in [0.5, 0.6) is 0 Å². The fourth-order valence-electron chi connectivity index (χ4n) is 2.05. The van der Waals surface area contributed by atoms with E-state index >= 15 is 0 Å². The molecule has 1 aliphatic heterocycles. The smallest absolute Gasteiger partial charge is 0.277 e. The number of halogens is 1. The normalized spacial score (nSPS) is 19.7. The highest BCUT2D eigenvalue weighted by Gasteiger charge is 2.45. The predicted octanol–water partition coefficient (Wildman–Crippen LogP) is 0.849. The van der Waals surface area contributed by atoms with Crippen molar-refractivity contribution in [1.82, 2.24) is 4.90 Å². The fourth-order valence-corrected chi connectivity index (χ4v) is 3.45. The second-order valence-corrected chi connectivity index (χ2v) is 7.19. The van der Waals surface area contributed by atoms with Crippen molar-refractivity contribution in [1.29, 1.82) is 0 Å². The lowest BCUT2D eigenvalue weighted by Gasteiger charge is -2.14. The third-order valence-electron chi connectivity index (χ3n) is 3.12. The molecule has 0 aromatic heterocycles. The van der Waals surface area contributed by atoms with Gasteiger partial charge < -0.3 is 0 Å². The Bertz CT molecular complexity index is 658. The van der Waals surface area contributed by atoms with Gasteiger partial charge in [-0.15, -0.1) is 0 Å². The molecule has 1 fully saturated rings. The Labute approximate surface area is 130 Å². The highest BCUT2D eigenvalue weighted by Crippen LogP contribution is 2.20. The van der Waals surface area contributed by atoms with E-state index < -0.39 is 33.6 Å². The number of nitrogens with zero attached hydrogens (tertiary/aromatic N) is 1. The third-order valence-corrected chi connectivity index (χ3v) is 5.26. The van der Waals surface area contributed by atoms with Gasteiger partial charge >= 0.3 is 0 Å². The molecule has 1 aliphatic rings. The van der Waals surface area contributed by atoms with Crippen LogP contribution in [-0.2, 0) is 26.1 Å². The Balaban J connectivity index is 2.09. The van der Waals surface area contributed by atoms with E-state index in [9.17, 15) is 18.0 Å². The van der Waals surface area contributed by atoms with Crippen LogP contribution < -0.4 is 0 Å². The summed E-state index contributed by atoms with van der Waals surface area (Å²) in [6, 6.07) is 7.52. The maximum absolute atomic E-state index is 11.8. The summed E-state index contributed by atoms with van der Waals surface area (Å²) in [6.45, 7) is 0.115. The van der Waals surface area contributed by atoms with Gasteiger partial charge in [0.2, 0.25) is 5.91 Å². The number of carbonyl (C=O) groups is 2. The number of carbonyl (C=O) groups excluding carboxylic acids is 2. The Morgan fingerprint density at radius 1 is 1.30 bits per heavy atom. The van der Waals surface area contributed by atoms with Gasteiger partial charge in [0.05, 0.1) is 6.42 Å². The first-order valence-corrected chi connectivity index (χ1v) is 8.43. The molecule has 2 amide bonds. The summed E-state index contributed by atoms with van der Waals surface area (Å²) >= 11 is 2.15. The molecule has 0 radical (unpaired) electrons. The van der Waals surface area contributed by atoms with Gasteiger partial charge in [-0.25, -0.2) is 0 Å². The number of imide groups is 1. The number of hydrogen-bond donors (Lipinski definition) is 1. The lowest BCUT2D eigenvalue weighted by Crippen LogP contribution is -2.36. The number of amides is 2. The zero-order chi connectivity index (χ0) is 14.9. The summed E-state index contributed by atoms with van der Waals surface area (Å²) in [6.07, 6.45) is -0.0294. The molecule has 1 N–H and O–H groups in total. The van der Waals surface area contributed by atoms with Gasteiger partial charge in [0.15, 0.2) is 5.25 Å². The quantitative estimate of drug-likeness (QED) is 0.452. The number of benzene rings is 1. The van der Waals surface area contributed by atoms with Crippen molar-refractivity contribution >= 4 is 44.5 Å². The molecule has 108 valence electrons. The molecule has 20 heavy (non-hydrogen) atoms. The average Bonchev–Trinajstić information content (AvgIpc) is 2.64. The maximum Gasteiger partial charge on any atom is 0.277 e. The van der Waals surface area contributed by atoms with Gasteiger partial charge in [0.25, 0.3) is 16.0 Å². The standard InChI is InChI=1S/C12H12INO5S/c13-9-4-2-1-3-8(9)5-6-14-11(15)7-10(12(14)16)20(17,18)19/h1-4,10H,5-7H2,(H,17,18,19). The molecule has 8 heteroatoms. The van der Waals surface area contributed by atoms with Crippen LogP contribution in [0.25, 0.3) is 0 Å². The molecule has 0 saturated carbocycles. The highest BCUT2D eigenvalue weighted by molar-refractivity contribution is 14.1. The van der Waals surface area contributed by atoms with Crippen molar-refractivity contribution in [2.75, 3.05) is 6.54 Å². The zero-order valence-corrected chi connectivity index (χ0v) is 13.3. The average molecular weight is 409 g/mol. The van der Waals surface area contributed by atoms with Crippen LogP contribution in [0.3, 0.4) is 0 Å². The highest BCUT2D eigenvalue weighted by atomic mass is 127. The minimum atomic E-state index is -4.52. The van der Waals surface area contributed by atoms with Crippen molar-refractivity contribution in [2.24, 2.45) is 0 Å². The van der Waals surface area contributed by atoms with E-state index in [0.29, 0.717) is 6.42 Å². The Morgan fingerprint density at radius 3 is 2.50 bits per heavy atom. The van der Waals surface area contributed by atoms with Gasteiger partial charge in [-0.2, -0.15) is 8.42 Å². The molecule has 1 aromatic carbocycles. The molecule has 1 saturated heterocycles. The molecule has 1 unspecified atom stereocenters. The molecule has 1 atom stereocenters. The van der Waals surface area contributed by atoms with Gasteiger partial charge in [-0.1, -0.05) is 18.2 Å².